The van der Waals surface area contributed by atoms with Crippen molar-refractivity contribution >= 4 is 5.91 Å². The number of likely N-dealkylation sites (N-methyl/N-ethyl adjacent to an activating group) is 1. The van der Waals surface area contributed by atoms with Gasteiger partial charge in [-0.2, -0.15) is 10.2 Å². The molecule has 0 unspecified atom stereocenters. The van der Waals surface area contributed by atoms with Gasteiger partial charge in [0.25, 0.3) is 11.5 Å². The third-order valence-electron chi connectivity index (χ3n) is 4.79. The highest BCUT2D eigenvalue weighted by Gasteiger charge is 2.18. The lowest BCUT2D eigenvalue weighted by atomic mass is 10.0. The summed E-state index contributed by atoms with van der Waals surface area (Å²) >= 11 is 0. The molecule has 0 fully saturated rings. The van der Waals surface area contributed by atoms with Gasteiger partial charge in [-0.15, -0.1) is 0 Å². The third kappa shape index (κ3) is 3.41. The van der Waals surface area contributed by atoms with Crippen LogP contribution in [0, 0.1) is 0 Å². The van der Waals surface area contributed by atoms with Crippen LogP contribution in [0.25, 0.3) is 11.3 Å². The Hall–Kier alpha value is -3.20. The first-order chi connectivity index (χ1) is 13.0. The number of fused-ring (bicyclic) bond motifs is 1. The number of rotatable bonds is 4. The predicted molar refractivity (Wildman–Crippen MR) is 99.1 cm³/mol. The molecule has 0 aromatic carbocycles. The van der Waals surface area contributed by atoms with Crippen molar-refractivity contribution in [2.75, 3.05) is 13.6 Å². The Morgan fingerprint density at radius 3 is 2.96 bits per heavy atom. The number of aromatic nitrogens is 5. The van der Waals surface area contributed by atoms with Gasteiger partial charge in [0.15, 0.2) is 0 Å². The Morgan fingerprint density at radius 2 is 2.19 bits per heavy atom. The second-order valence-corrected chi connectivity index (χ2v) is 6.86. The van der Waals surface area contributed by atoms with Crippen molar-refractivity contribution in [3.8, 4) is 11.3 Å². The number of hydrogen-bond acceptors (Lipinski definition) is 5. The van der Waals surface area contributed by atoms with Gasteiger partial charge >= 0.3 is 0 Å². The van der Waals surface area contributed by atoms with Crippen molar-refractivity contribution in [3.05, 3.63) is 57.4 Å². The normalized spacial score (nSPS) is 14.1. The van der Waals surface area contributed by atoms with E-state index in [-0.39, 0.29) is 18.0 Å². The smallest absolute Gasteiger partial charge is 0.255 e. The minimum Gasteiger partial charge on any atom is -0.348 e. The highest BCUT2D eigenvalue weighted by Crippen LogP contribution is 2.20. The van der Waals surface area contributed by atoms with Crippen molar-refractivity contribution in [1.29, 1.82) is 0 Å². The molecule has 0 saturated carbocycles. The van der Waals surface area contributed by atoms with E-state index in [1.54, 1.807) is 24.1 Å². The highest BCUT2D eigenvalue weighted by molar-refractivity contribution is 5.99. The fourth-order valence-corrected chi connectivity index (χ4v) is 3.33. The van der Waals surface area contributed by atoms with E-state index in [1.165, 1.54) is 6.20 Å². The number of H-pyrrole nitrogens is 2. The Kier molecular flexibility index (Phi) is 4.36. The molecule has 27 heavy (non-hydrogen) atoms. The summed E-state index contributed by atoms with van der Waals surface area (Å²) in [5, 5.41) is 13.7. The van der Waals surface area contributed by atoms with Gasteiger partial charge in [0.1, 0.15) is 0 Å². The molecule has 0 radical (unpaired) electrons. The number of pyridine rings is 1. The summed E-state index contributed by atoms with van der Waals surface area (Å²) in [6, 6.07) is 1.89. The molecule has 0 bridgehead atoms. The van der Waals surface area contributed by atoms with Crippen molar-refractivity contribution < 1.29 is 4.79 Å². The number of aromatic amines is 2. The summed E-state index contributed by atoms with van der Waals surface area (Å²) in [6.07, 6.45) is 5.77. The van der Waals surface area contributed by atoms with Crippen LogP contribution in [0.3, 0.4) is 0 Å². The minimum atomic E-state index is -0.295. The molecule has 140 valence electrons. The van der Waals surface area contributed by atoms with Gasteiger partial charge in [0.05, 0.1) is 23.7 Å². The maximum atomic E-state index is 12.6. The quantitative estimate of drug-likeness (QED) is 0.619. The van der Waals surface area contributed by atoms with Gasteiger partial charge in [-0.1, -0.05) is 0 Å². The fourth-order valence-electron chi connectivity index (χ4n) is 3.33. The number of hydrogen-bond donors (Lipinski definition) is 3. The van der Waals surface area contributed by atoms with Crippen LogP contribution in [0.1, 0.15) is 27.2 Å². The molecule has 0 spiro atoms. The molecule has 3 aromatic heterocycles. The van der Waals surface area contributed by atoms with Gasteiger partial charge in [0, 0.05) is 56.1 Å². The zero-order valence-corrected chi connectivity index (χ0v) is 15.2. The van der Waals surface area contributed by atoms with Crippen LogP contribution in [0.2, 0.25) is 0 Å². The average molecular weight is 367 g/mol. The molecule has 1 aliphatic heterocycles. The molecule has 4 heterocycles. The van der Waals surface area contributed by atoms with Gasteiger partial charge < -0.3 is 15.2 Å². The molecule has 1 amide bonds. The maximum absolute atomic E-state index is 12.6. The van der Waals surface area contributed by atoms with Crippen LogP contribution in [0.4, 0.5) is 0 Å². The van der Waals surface area contributed by atoms with Crippen molar-refractivity contribution in [2.45, 2.75) is 19.5 Å². The summed E-state index contributed by atoms with van der Waals surface area (Å²) < 4.78 is 1.65. The van der Waals surface area contributed by atoms with Crippen molar-refractivity contribution in [2.24, 2.45) is 7.05 Å². The predicted octanol–water partition coefficient (Wildman–Crippen LogP) is 0.416. The topological polar surface area (TPSA) is 112 Å². The Balaban J connectivity index is 1.52. The first kappa shape index (κ1) is 17.2. The first-order valence-corrected chi connectivity index (χ1v) is 8.74. The largest absolute Gasteiger partial charge is 0.348 e. The lowest BCUT2D eigenvalue weighted by molar-refractivity contribution is 0.0951. The molecular weight excluding hydrogens is 346 g/mol. The van der Waals surface area contributed by atoms with Gasteiger partial charge in [0.2, 0.25) is 0 Å². The molecule has 0 aliphatic carbocycles. The van der Waals surface area contributed by atoms with Gasteiger partial charge in [-0.25, -0.2) is 0 Å². The summed E-state index contributed by atoms with van der Waals surface area (Å²) in [4.78, 5) is 30.1. The van der Waals surface area contributed by atoms with Crippen LogP contribution in [0.5, 0.6) is 0 Å². The Morgan fingerprint density at radius 1 is 1.33 bits per heavy atom. The first-order valence-electron chi connectivity index (χ1n) is 8.74. The minimum absolute atomic E-state index is 0.154. The lowest BCUT2D eigenvalue weighted by Crippen LogP contribution is -2.32. The van der Waals surface area contributed by atoms with Gasteiger partial charge in [-0.05, 0) is 18.7 Å². The SMILES string of the molecule is CN1CCc2[nH]c(=O)c(CNC(=O)c3cn[nH]c3-c3cnn(C)c3)cc2C1. The van der Waals surface area contributed by atoms with Crippen LogP contribution < -0.4 is 10.9 Å². The van der Waals surface area contributed by atoms with E-state index < -0.39 is 0 Å². The van der Waals surface area contributed by atoms with E-state index in [4.69, 9.17) is 0 Å². The molecule has 0 atom stereocenters. The molecule has 9 heteroatoms. The Bertz CT molecular complexity index is 1050. The number of aryl methyl sites for hydroxylation is 1. The zero-order valence-electron chi connectivity index (χ0n) is 15.2. The van der Waals surface area contributed by atoms with Crippen molar-refractivity contribution in [3.63, 3.8) is 0 Å². The van der Waals surface area contributed by atoms with Crippen LogP contribution >= 0.6 is 0 Å². The second kappa shape index (κ2) is 6.84. The monoisotopic (exact) mass is 367 g/mol. The molecule has 9 nitrogen and oxygen atoms in total. The van der Waals surface area contributed by atoms with E-state index in [9.17, 15) is 9.59 Å². The maximum Gasteiger partial charge on any atom is 0.255 e. The molecule has 3 N–H and O–H groups in total. The Labute approximate surface area is 155 Å². The number of nitrogens with one attached hydrogen (secondary N) is 3. The van der Waals surface area contributed by atoms with E-state index in [0.717, 1.165) is 36.3 Å². The lowest BCUT2D eigenvalue weighted by Gasteiger charge is -2.24. The third-order valence-corrected chi connectivity index (χ3v) is 4.79. The zero-order chi connectivity index (χ0) is 19.0. The summed E-state index contributed by atoms with van der Waals surface area (Å²) in [5.41, 5.74) is 4.27. The van der Waals surface area contributed by atoms with Crippen LogP contribution in [-0.4, -0.2) is 49.4 Å². The van der Waals surface area contributed by atoms with Gasteiger partial charge in [-0.3, -0.25) is 19.4 Å². The van der Waals surface area contributed by atoms with E-state index >= 15 is 0 Å². The molecule has 3 aromatic rings. The van der Waals surface area contributed by atoms with E-state index in [1.807, 2.05) is 13.1 Å². The highest BCUT2D eigenvalue weighted by atomic mass is 16.2. The van der Waals surface area contributed by atoms with Crippen LogP contribution in [-0.2, 0) is 26.6 Å². The number of carbonyl (C=O) groups is 1. The number of carbonyl (C=O) groups excluding carboxylic acids is 1. The molecule has 1 aliphatic rings. The van der Waals surface area contributed by atoms with Crippen LogP contribution in [0.15, 0.2) is 29.5 Å². The number of nitrogens with zero attached hydrogens (tertiary/aromatic N) is 4. The molecule has 4 rings (SSSR count). The standard InChI is InChI=1S/C18H21N7O2/c1-24-4-3-15-12(9-24)5-11(17(26)22-15)6-19-18(27)14-8-20-23-16(14)13-7-21-25(2)10-13/h5,7-8,10H,3-4,6,9H2,1-2H3,(H,19,27)(H,20,23)(H,22,26). The molecule has 0 saturated heterocycles. The van der Waals surface area contributed by atoms with E-state index in [0.29, 0.717) is 16.8 Å². The summed E-state index contributed by atoms with van der Waals surface area (Å²) in [6.45, 7) is 1.87. The van der Waals surface area contributed by atoms with Crippen molar-refractivity contribution in [1.82, 2.24) is 35.2 Å². The second-order valence-electron chi connectivity index (χ2n) is 6.86. The van der Waals surface area contributed by atoms with E-state index in [2.05, 4.69) is 30.5 Å². The summed E-state index contributed by atoms with van der Waals surface area (Å²) in [7, 11) is 3.85. The molecular formula is C18H21N7O2. The summed E-state index contributed by atoms with van der Waals surface area (Å²) in [5.74, 6) is -0.295. The number of amides is 1. The average Bonchev–Trinajstić information content (AvgIpc) is 3.28. The fraction of sp³-hybridized carbons (Fsp3) is 0.333.